The predicted octanol–water partition coefficient (Wildman–Crippen LogP) is 2.09. The highest BCUT2D eigenvalue weighted by Crippen LogP contribution is 2.19. The Hall–Kier alpha value is -0.940. The van der Waals surface area contributed by atoms with E-state index in [0.717, 1.165) is 0 Å². The number of hydrogen-bond acceptors (Lipinski definition) is 2. The van der Waals surface area contributed by atoms with Gasteiger partial charge in [-0.3, -0.25) is 4.79 Å². The Morgan fingerprint density at radius 3 is 2.88 bits per heavy atom. The molecule has 0 aromatic heterocycles. The molecule has 0 bridgehead atoms. The van der Waals surface area contributed by atoms with E-state index in [1.165, 1.54) is 12.1 Å². The van der Waals surface area contributed by atoms with Crippen LogP contribution in [0.1, 0.15) is 23.7 Å². The van der Waals surface area contributed by atoms with Gasteiger partial charge in [-0.1, -0.05) is 6.07 Å². The van der Waals surface area contributed by atoms with Gasteiger partial charge in [0.05, 0.1) is 11.7 Å². The first-order valence-electron chi connectivity index (χ1n) is 4.92. The second-order valence-electron chi connectivity index (χ2n) is 3.49. The summed E-state index contributed by atoms with van der Waals surface area (Å²) in [5, 5.41) is 11.6. The number of aliphatic hydroxyl groups excluding tert-OH is 1. The van der Waals surface area contributed by atoms with E-state index >= 15 is 0 Å². The van der Waals surface area contributed by atoms with Crippen LogP contribution in [0, 0.1) is 5.82 Å². The van der Waals surface area contributed by atoms with Crippen LogP contribution in [0.2, 0.25) is 0 Å². The van der Waals surface area contributed by atoms with Crippen molar-refractivity contribution >= 4 is 21.8 Å². The van der Waals surface area contributed by atoms with Crippen LogP contribution in [0.3, 0.4) is 0 Å². The van der Waals surface area contributed by atoms with Crippen molar-refractivity contribution < 1.29 is 14.3 Å². The molecule has 88 valence electrons. The van der Waals surface area contributed by atoms with Crippen molar-refractivity contribution in [3.05, 3.63) is 34.1 Å². The summed E-state index contributed by atoms with van der Waals surface area (Å²) < 4.78 is 13.8. The van der Waals surface area contributed by atoms with Crippen LogP contribution in [0.15, 0.2) is 22.7 Å². The Kier molecular flexibility index (Phi) is 4.89. The summed E-state index contributed by atoms with van der Waals surface area (Å²) >= 11 is 3.12. The monoisotopic (exact) mass is 289 g/mol. The summed E-state index contributed by atoms with van der Waals surface area (Å²) in [6.07, 6.45) is -0.0398. The lowest BCUT2D eigenvalue weighted by Crippen LogP contribution is -2.27. The molecule has 0 heterocycles. The highest BCUT2D eigenvalue weighted by molar-refractivity contribution is 9.10. The highest BCUT2D eigenvalue weighted by Gasteiger charge is 2.14. The molecule has 0 fully saturated rings. The van der Waals surface area contributed by atoms with Gasteiger partial charge in [-0.15, -0.1) is 0 Å². The summed E-state index contributed by atoms with van der Waals surface area (Å²) in [5.74, 6) is -1.05. The normalized spacial score (nSPS) is 12.2. The van der Waals surface area contributed by atoms with Crippen molar-refractivity contribution in [2.75, 3.05) is 6.54 Å². The number of rotatable bonds is 4. The van der Waals surface area contributed by atoms with E-state index in [-0.39, 0.29) is 5.56 Å². The van der Waals surface area contributed by atoms with Gasteiger partial charge in [0.1, 0.15) is 5.82 Å². The van der Waals surface area contributed by atoms with Crippen LogP contribution in [0.25, 0.3) is 0 Å². The molecular formula is C11H13BrFNO2. The first kappa shape index (κ1) is 13.1. The summed E-state index contributed by atoms with van der Waals surface area (Å²) in [4.78, 5) is 11.6. The van der Waals surface area contributed by atoms with E-state index in [2.05, 4.69) is 21.2 Å². The van der Waals surface area contributed by atoms with Gasteiger partial charge in [0.2, 0.25) is 0 Å². The number of carbonyl (C=O) groups excluding carboxylic acids is 1. The largest absolute Gasteiger partial charge is 0.393 e. The number of benzene rings is 1. The molecule has 0 radical (unpaired) electrons. The minimum Gasteiger partial charge on any atom is -0.393 e. The molecule has 3 nitrogen and oxygen atoms in total. The third kappa shape index (κ3) is 3.57. The Morgan fingerprint density at radius 2 is 2.31 bits per heavy atom. The van der Waals surface area contributed by atoms with Crippen molar-refractivity contribution in [2.24, 2.45) is 0 Å². The lowest BCUT2D eigenvalue weighted by atomic mass is 10.2. The van der Waals surface area contributed by atoms with Crippen LogP contribution in [0.4, 0.5) is 4.39 Å². The SMILES string of the molecule is CC(O)CCNC(=O)c1c(F)cccc1Br. The zero-order valence-corrected chi connectivity index (χ0v) is 10.4. The average molecular weight is 290 g/mol. The minimum absolute atomic E-state index is 0.00640. The van der Waals surface area contributed by atoms with Crippen molar-refractivity contribution in [3.8, 4) is 0 Å². The molecule has 0 aliphatic carbocycles. The molecule has 1 aromatic carbocycles. The van der Waals surface area contributed by atoms with Gasteiger partial charge < -0.3 is 10.4 Å². The number of carbonyl (C=O) groups is 1. The quantitative estimate of drug-likeness (QED) is 0.892. The van der Waals surface area contributed by atoms with Gasteiger partial charge >= 0.3 is 0 Å². The molecule has 2 N–H and O–H groups in total. The second-order valence-corrected chi connectivity index (χ2v) is 4.34. The summed E-state index contributed by atoms with van der Waals surface area (Å²) in [6.45, 7) is 1.95. The summed E-state index contributed by atoms with van der Waals surface area (Å²) in [5.41, 5.74) is -0.00640. The van der Waals surface area contributed by atoms with E-state index in [0.29, 0.717) is 17.4 Å². The van der Waals surface area contributed by atoms with Gasteiger partial charge in [0.15, 0.2) is 0 Å². The fraction of sp³-hybridized carbons (Fsp3) is 0.364. The van der Waals surface area contributed by atoms with E-state index in [9.17, 15) is 9.18 Å². The molecule has 0 aliphatic rings. The fourth-order valence-corrected chi connectivity index (χ4v) is 1.72. The van der Waals surface area contributed by atoms with Crippen LogP contribution in [-0.2, 0) is 0 Å². The van der Waals surface area contributed by atoms with Gasteiger partial charge in [-0.05, 0) is 41.4 Å². The van der Waals surface area contributed by atoms with Crippen molar-refractivity contribution in [2.45, 2.75) is 19.4 Å². The molecule has 0 saturated heterocycles. The maximum atomic E-state index is 13.3. The Balaban J connectivity index is 2.66. The van der Waals surface area contributed by atoms with Gasteiger partial charge in [0, 0.05) is 11.0 Å². The molecule has 1 amide bonds. The maximum absolute atomic E-state index is 13.3. The van der Waals surface area contributed by atoms with Crippen molar-refractivity contribution in [3.63, 3.8) is 0 Å². The molecule has 1 atom stereocenters. The molecule has 1 aromatic rings. The maximum Gasteiger partial charge on any atom is 0.255 e. The Bertz CT molecular complexity index is 362. The van der Waals surface area contributed by atoms with Crippen molar-refractivity contribution in [1.29, 1.82) is 0 Å². The Morgan fingerprint density at radius 1 is 1.62 bits per heavy atom. The first-order valence-corrected chi connectivity index (χ1v) is 5.72. The third-order valence-corrected chi connectivity index (χ3v) is 2.70. The standard InChI is InChI=1S/C11H13BrFNO2/c1-7(15)5-6-14-11(16)10-8(12)3-2-4-9(10)13/h2-4,7,15H,5-6H2,1H3,(H,14,16). The second kappa shape index (κ2) is 5.96. The molecule has 1 rings (SSSR count). The molecule has 5 heteroatoms. The molecule has 1 unspecified atom stereocenters. The van der Waals surface area contributed by atoms with E-state index < -0.39 is 17.8 Å². The van der Waals surface area contributed by atoms with E-state index in [1.54, 1.807) is 13.0 Å². The average Bonchev–Trinajstić information content (AvgIpc) is 2.16. The third-order valence-electron chi connectivity index (χ3n) is 2.04. The molecule has 16 heavy (non-hydrogen) atoms. The highest BCUT2D eigenvalue weighted by atomic mass is 79.9. The summed E-state index contributed by atoms with van der Waals surface area (Å²) in [7, 11) is 0. The number of nitrogens with one attached hydrogen (secondary N) is 1. The number of amides is 1. The zero-order valence-electron chi connectivity index (χ0n) is 8.84. The van der Waals surface area contributed by atoms with Crippen LogP contribution in [-0.4, -0.2) is 23.7 Å². The Labute approximate surface area is 102 Å². The fourth-order valence-electron chi connectivity index (χ4n) is 1.20. The van der Waals surface area contributed by atoms with Gasteiger partial charge in [0.25, 0.3) is 5.91 Å². The number of halogens is 2. The van der Waals surface area contributed by atoms with Crippen molar-refractivity contribution in [1.82, 2.24) is 5.32 Å². The van der Waals surface area contributed by atoms with Gasteiger partial charge in [-0.2, -0.15) is 0 Å². The number of hydrogen-bond donors (Lipinski definition) is 2. The minimum atomic E-state index is -0.566. The molecule has 0 spiro atoms. The van der Waals surface area contributed by atoms with Crippen LogP contribution in [0.5, 0.6) is 0 Å². The molecule has 0 saturated carbocycles. The topological polar surface area (TPSA) is 49.3 Å². The van der Waals surface area contributed by atoms with Crippen LogP contribution < -0.4 is 5.32 Å². The van der Waals surface area contributed by atoms with E-state index in [4.69, 9.17) is 5.11 Å². The summed E-state index contributed by atoms with van der Waals surface area (Å²) in [6, 6.07) is 4.35. The lowest BCUT2D eigenvalue weighted by molar-refractivity contribution is 0.0941. The lowest BCUT2D eigenvalue weighted by Gasteiger charge is -2.08. The van der Waals surface area contributed by atoms with Crippen LogP contribution >= 0.6 is 15.9 Å². The van der Waals surface area contributed by atoms with Gasteiger partial charge in [-0.25, -0.2) is 4.39 Å². The predicted molar refractivity (Wildman–Crippen MR) is 62.7 cm³/mol. The zero-order chi connectivity index (χ0) is 12.1. The first-order chi connectivity index (χ1) is 7.52. The number of aliphatic hydroxyl groups is 1. The molecular weight excluding hydrogens is 277 g/mol. The van der Waals surface area contributed by atoms with E-state index in [1.807, 2.05) is 0 Å². The smallest absolute Gasteiger partial charge is 0.255 e. The molecule has 0 aliphatic heterocycles.